The normalized spacial score (nSPS) is 51.2. The maximum Gasteiger partial charge on any atom is 0.186 e. The van der Waals surface area contributed by atoms with Gasteiger partial charge in [0.1, 0.15) is 24.4 Å². The second-order valence-electron chi connectivity index (χ2n) is 3.76. The molecule has 2 saturated heterocycles. The number of hydrogen-bond donors (Lipinski definition) is 2. The van der Waals surface area contributed by atoms with Crippen LogP contribution in [0.5, 0.6) is 0 Å². The zero-order chi connectivity index (χ0) is 11.0. The molecule has 0 radical (unpaired) electrons. The van der Waals surface area contributed by atoms with Gasteiger partial charge in [0, 0.05) is 7.11 Å². The Labute approximate surface area is 87.7 Å². The Morgan fingerprint density at radius 3 is 2.60 bits per heavy atom. The minimum atomic E-state index is -1.10. The van der Waals surface area contributed by atoms with Crippen molar-refractivity contribution in [3.05, 3.63) is 0 Å². The van der Waals surface area contributed by atoms with Crippen molar-refractivity contribution in [3.63, 3.8) is 0 Å². The Morgan fingerprint density at radius 2 is 1.93 bits per heavy atom. The summed E-state index contributed by atoms with van der Waals surface area (Å²) in [7, 11) is 1.41. The number of methoxy groups -OCH3 is 1. The number of aliphatic hydroxyl groups excluding tert-OH is 2. The van der Waals surface area contributed by atoms with Crippen molar-refractivity contribution in [2.45, 2.75) is 43.9 Å². The van der Waals surface area contributed by atoms with E-state index in [1.54, 1.807) is 6.92 Å². The van der Waals surface area contributed by atoms with Gasteiger partial charge in [0.25, 0.3) is 0 Å². The molecule has 2 N–H and O–H groups in total. The third-order valence-corrected chi connectivity index (χ3v) is 2.72. The Kier molecular flexibility index (Phi) is 3.24. The quantitative estimate of drug-likeness (QED) is 0.580. The monoisotopic (exact) mass is 220 g/mol. The highest BCUT2D eigenvalue weighted by Gasteiger charge is 2.48. The molecule has 6 atom stereocenters. The molecule has 0 aromatic heterocycles. The predicted octanol–water partition coefficient (Wildman–Crippen LogP) is -1.16. The van der Waals surface area contributed by atoms with Crippen molar-refractivity contribution >= 4 is 0 Å². The highest BCUT2D eigenvalue weighted by atomic mass is 16.7. The molecule has 2 rings (SSSR count). The van der Waals surface area contributed by atoms with Gasteiger partial charge in [0.15, 0.2) is 12.6 Å². The molecule has 15 heavy (non-hydrogen) atoms. The number of rotatable bonds is 1. The minimum Gasteiger partial charge on any atom is -0.387 e. The van der Waals surface area contributed by atoms with E-state index in [9.17, 15) is 10.2 Å². The average molecular weight is 220 g/mol. The van der Waals surface area contributed by atoms with Gasteiger partial charge in [-0.1, -0.05) is 0 Å². The summed E-state index contributed by atoms with van der Waals surface area (Å²) >= 11 is 0. The van der Waals surface area contributed by atoms with E-state index in [4.69, 9.17) is 18.9 Å². The maximum atomic E-state index is 9.80. The topological polar surface area (TPSA) is 77.4 Å². The molecule has 2 aliphatic heterocycles. The molecule has 0 spiro atoms. The van der Waals surface area contributed by atoms with Gasteiger partial charge in [0.2, 0.25) is 0 Å². The van der Waals surface area contributed by atoms with Crippen LogP contribution in [0.2, 0.25) is 0 Å². The number of fused-ring (bicyclic) bond motifs is 1. The van der Waals surface area contributed by atoms with Crippen LogP contribution in [0.3, 0.4) is 0 Å². The fourth-order valence-corrected chi connectivity index (χ4v) is 1.89. The van der Waals surface area contributed by atoms with E-state index in [1.807, 2.05) is 0 Å². The lowest BCUT2D eigenvalue weighted by Crippen LogP contribution is -2.62. The molecule has 0 aromatic rings. The Morgan fingerprint density at radius 1 is 1.20 bits per heavy atom. The standard InChI is InChI=1S/C9H16O6/c1-4-13-3-5-8(14-4)6(10)7(11)9(12-2)15-5/h4-11H,3H2,1-2H3/t4?,5-,6-,7+,8-,9-/m1/s1. The molecule has 88 valence electrons. The lowest BCUT2D eigenvalue weighted by atomic mass is 9.98. The first-order chi connectivity index (χ1) is 7.13. The molecule has 0 bridgehead atoms. The van der Waals surface area contributed by atoms with Crippen LogP contribution < -0.4 is 0 Å². The van der Waals surface area contributed by atoms with Crippen molar-refractivity contribution in [3.8, 4) is 0 Å². The molecule has 1 unspecified atom stereocenters. The van der Waals surface area contributed by atoms with Crippen LogP contribution in [-0.2, 0) is 18.9 Å². The first kappa shape index (κ1) is 11.3. The fourth-order valence-electron chi connectivity index (χ4n) is 1.89. The second-order valence-corrected chi connectivity index (χ2v) is 3.76. The van der Waals surface area contributed by atoms with E-state index < -0.39 is 37.0 Å². The second kappa shape index (κ2) is 4.32. The van der Waals surface area contributed by atoms with E-state index >= 15 is 0 Å². The maximum absolute atomic E-state index is 9.80. The summed E-state index contributed by atoms with van der Waals surface area (Å²) in [4.78, 5) is 0. The smallest absolute Gasteiger partial charge is 0.186 e. The Balaban J connectivity index is 2.07. The summed E-state index contributed by atoms with van der Waals surface area (Å²) in [5, 5.41) is 19.4. The summed E-state index contributed by atoms with van der Waals surface area (Å²) in [5.74, 6) is 0. The molecule has 0 aliphatic carbocycles. The first-order valence-corrected chi connectivity index (χ1v) is 4.95. The first-order valence-electron chi connectivity index (χ1n) is 4.95. The van der Waals surface area contributed by atoms with Gasteiger partial charge in [-0.2, -0.15) is 0 Å². The van der Waals surface area contributed by atoms with Crippen molar-refractivity contribution in [2.75, 3.05) is 13.7 Å². The molecule has 6 heteroatoms. The van der Waals surface area contributed by atoms with Gasteiger partial charge < -0.3 is 29.2 Å². The number of ether oxygens (including phenoxy) is 4. The fraction of sp³-hybridized carbons (Fsp3) is 1.00. The van der Waals surface area contributed by atoms with E-state index in [0.29, 0.717) is 6.61 Å². The van der Waals surface area contributed by atoms with Gasteiger partial charge in [-0.25, -0.2) is 0 Å². The third-order valence-electron chi connectivity index (χ3n) is 2.72. The van der Waals surface area contributed by atoms with Gasteiger partial charge in [0.05, 0.1) is 6.61 Å². The summed E-state index contributed by atoms with van der Waals surface area (Å²) in [6.45, 7) is 2.06. The molecular formula is C9H16O6. The average Bonchev–Trinajstić information content (AvgIpc) is 2.24. The van der Waals surface area contributed by atoms with Gasteiger partial charge >= 0.3 is 0 Å². The molecule has 6 nitrogen and oxygen atoms in total. The zero-order valence-electron chi connectivity index (χ0n) is 8.70. The van der Waals surface area contributed by atoms with E-state index in [1.165, 1.54) is 7.11 Å². The van der Waals surface area contributed by atoms with E-state index in [-0.39, 0.29) is 0 Å². The highest BCUT2D eigenvalue weighted by Crippen LogP contribution is 2.28. The van der Waals surface area contributed by atoms with E-state index in [2.05, 4.69) is 0 Å². The highest BCUT2D eigenvalue weighted by molar-refractivity contribution is 4.91. The lowest BCUT2D eigenvalue weighted by Gasteiger charge is -2.45. The predicted molar refractivity (Wildman–Crippen MR) is 48.0 cm³/mol. The minimum absolute atomic E-state index is 0.329. The third kappa shape index (κ3) is 2.01. The van der Waals surface area contributed by atoms with Crippen LogP contribution in [0.25, 0.3) is 0 Å². The lowest BCUT2D eigenvalue weighted by molar-refractivity contribution is -0.352. The number of hydrogen-bond acceptors (Lipinski definition) is 6. The Hall–Kier alpha value is -0.240. The molecule has 2 aliphatic rings. The van der Waals surface area contributed by atoms with Gasteiger partial charge in [-0.15, -0.1) is 0 Å². The Bertz CT molecular complexity index is 221. The van der Waals surface area contributed by atoms with E-state index in [0.717, 1.165) is 0 Å². The van der Waals surface area contributed by atoms with Crippen molar-refractivity contribution < 1.29 is 29.2 Å². The summed E-state index contributed by atoms with van der Waals surface area (Å²) in [6.07, 6.45) is -4.29. The summed E-state index contributed by atoms with van der Waals surface area (Å²) < 4.78 is 20.9. The molecule has 2 heterocycles. The SMILES string of the molecule is CO[C@@H]1O[C@@H]2COC(C)O[C@H]2[C@H](O)[C@@H]1O. The molecule has 0 aromatic carbocycles. The number of aliphatic hydroxyl groups is 2. The van der Waals surface area contributed by atoms with Crippen LogP contribution in [0.4, 0.5) is 0 Å². The van der Waals surface area contributed by atoms with Crippen LogP contribution in [0.15, 0.2) is 0 Å². The van der Waals surface area contributed by atoms with Crippen LogP contribution in [0.1, 0.15) is 6.92 Å². The van der Waals surface area contributed by atoms with Gasteiger partial charge in [-0.3, -0.25) is 0 Å². The molecule has 2 fully saturated rings. The summed E-state index contributed by atoms with van der Waals surface area (Å²) in [6, 6.07) is 0. The van der Waals surface area contributed by atoms with Gasteiger partial charge in [-0.05, 0) is 6.92 Å². The van der Waals surface area contributed by atoms with Crippen LogP contribution in [-0.4, -0.2) is 60.9 Å². The van der Waals surface area contributed by atoms with Crippen LogP contribution >= 0.6 is 0 Å². The zero-order valence-corrected chi connectivity index (χ0v) is 8.70. The largest absolute Gasteiger partial charge is 0.387 e. The molecular weight excluding hydrogens is 204 g/mol. The molecule has 0 amide bonds. The van der Waals surface area contributed by atoms with Crippen molar-refractivity contribution in [2.24, 2.45) is 0 Å². The van der Waals surface area contributed by atoms with Crippen LogP contribution in [0, 0.1) is 0 Å². The molecule has 0 saturated carbocycles. The van der Waals surface area contributed by atoms with Crippen molar-refractivity contribution in [1.82, 2.24) is 0 Å². The summed E-state index contributed by atoms with van der Waals surface area (Å²) in [5.41, 5.74) is 0. The van der Waals surface area contributed by atoms with Crippen molar-refractivity contribution in [1.29, 1.82) is 0 Å².